The molecule has 1 aromatic heterocycles. The Bertz CT molecular complexity index is 721. The largest absolute Gasteiger partial charge is 0.504 e. The average Bonchev–Trinajstić information content (AvgIpc) is 2.73. The van der Waals surface area contributed by atoms with Gasteiger partial charge in [-0.3, -0.25) is 9.48 Å². The predicted molar refractivity (Wildman–Crippen MR) is 77.7 cm³/mol. The van der Waals surface area contributed by atoms with Crippen LogP contribution in [0, 0.1) is 6.92 Å². The van der Waals surface area contributed by atoms with E-state index in [9.17, 15) is 9.90 Å². The number of amides is 1. The first-order valence-corrected chi connectivity index (χ1v) is 6.71. The maximum Gasteiger partial charge on any atom is 0.226 e. The molecule has 1 aliphatic rings. The predicted octanol–water partition coefficient (Wildman–Crippen LogP) is 1.92. The number of nitrogens with zero attached hydrogens (tertiary/aromatic N) is 2. The molecule has 110 valence electrons. The van der Waals surface area contributed by atoms with E-state index < -0.39 is 0 Å². The van der Waals surface area contributed by atoms with Crippen LogP contribution in [0.3, 0.4) is 0 Å². The van der Waals surface area contributed by atoms with Crippen LogP contribution in [0.1, 0.15) is 29.2 Å². The molecule has 0 saturated heterocycles. The van der Waals surface area contributed by atoms with Crippen molar-refractivity contribution in [1.82, 2.24) is 9.78 Å². The Morgan fingerprint density at radius 1 is 1.48 bits per heavy atom. The number of fused-ring (bicyclic) bond motifs is 1. The summed E-state index contributed by atoms with van der Waals surface area (Å²) in [5.74, 6) is 1.10. The normalized spacial score (nSPS) is 17.3. The van der Waals surface area contributed by atoms with Gasteiger partial charge in [0.1, 0.15) is 5.82 Å². The molecule has 1 amide bonds. The van der Waals surface area contributed by atoms with Crippen LogP contribution in [-0.2, 0) is 11.8 Å². The van der Waals surface area contributed by atoms with Crippen LogP contribution in [0.2, 0.25) is 0 Å². The molecule has 0 saturated carbocycles. The van der Waals surface area contributed by atoms with E-state index in [1.165, 1.54) is 7.11 Å². The molecule has 21 heavy (non-hydrogen) atoms. The number of carbonyl (C=O) groups excluding carboxylic acids is 1. The van der Waals surface area contributed by atoms with Crippen LogP contribution in [-0.4, -0.2) is 27.9 Å². The number of benzene rings is 1. The highest BCUT2D eigenvalue weighted by molar-refractivity contribution is 5.94. The van der Waals surface area contributed by atoms with Crippen LogP contribution >= 0.6 is 0 Å². The van der Waals surface area contributed by atoms with Crippen molar-refractivity contribution in [3.8, 4) is 11.5 Å². The van der Waals surface area contributed by atoms with Crippen molar-refractivity contribution < 1.29 is 14.6 Å². The summed E-state index contributed by atoms with van der Waals surface area (Å²) in [7, 11) is 3.32. The highest BCUT2D eigenvalue weighted by Gasteiger charge is 2.31. The monoisotopic (exact) mass is 287 g/mol. The van der Waals surface area contributed by atoms with Crippen molar-refractivity contribution in [2.24, 2.45) is 7.05 Å². The molecule has 0 spiro atoms. The second-order valence-corrected chi connectivity index (χ2v) is 5.21. The summed E-state index contributed by atoms with van der Waals surface area (Å²) in [5.41, 5.74) is 2.84. The molecule has 2 heterocycles. The van der Waals surface area contributed by atoms with Crippen LogP contribution in [0.5, 0.6) is 11.5 Å². The number of rotatable bonds is 2. The van der Waals surface area contributed by atoms with Gasteiger partial charge in [-0.2, -0.15) is 5.10 Å². The van der Waals surface area contributed by atoms with Gasteiger partial charge < -0.3 is 15.2 Å². The number of hydrogen-bond donors (Lipinski definition) is 2. The molecule has 2 N–H and O–H groups in total. The number of hydrogen-bond acceptors (Lipinski definition) is 4. The number of aromatic hydroxyl groups is 1. The van der Waals surface area contributed by atoms with E-state index in [1.54, 1.807) is 16.8 Å². The zero-order chi connectivity index (χ0) is 15.1. The minimum atomic E-state index is -0.0862. The fourth-order valence-corrected chi connectivity index (χ4v) is 2.91. The van der Waals surface area contributed by atoms with Gasteiger partial charge in [0.05, 0.1) is 12.8 Å². The van der Waals surface area contributed by atoms with Crippen molar-refractivity contribution in [3.63, 3.8) is 0 Å². The lowest BCUT2D eigenvalue weighted by Crippen LogP contribution is -2.24. The Kier molecular flexibility index (Phi) is 3.08. The van der Waals surface area contributed by atoms with Crippen molar-refractivity contribution >= 4 is 11.7 Å². The zero-order valence-corrected chi connectivity index (χ0v) is 12.2. The van der Waals surface area contributed by atoms with Gasteiger partial charge in [0.25, 0.3) is 0 Å². The number of phenolic OH excluding ortho intramolecular Hbond substituents is 1. The van der Waals surface area contributed by atoms with E-state index in [1.807, 2.05) is 20.0 Å². The summed E-state index contributed by atoms with van der Waals surface area (Å²) in [6.07, 6.45) is 0.355. The lowest BCUT2D eigenvalue weighted by atomic mass is 9.85. The highest BCUT2D eigenvalue weighted by atomic mass is 16.5. The quantitative estimate of drug-likeness (QED) is 0.884. The van der Waals surface area contributed by atoms with Gasteiger partial charge in [0.2, 0.25) is 5.91 Å². The lowest BCUT2D eigenvalue weighted by Gasteiger charge is -2.24. The third kappa shape index (κ3) is 2.12. The lowest BCUT2D eigenvalue weighted by molar-refractivity contribution is -0.116. The number of carbonyl (C=O) groups is 1. The summed E-state index contributed by atoms with van der Waals surface area (Å²) < 4.78 is 6.84. The molecule has 3 rings (SSSR count). The van der Waals surface area contributed by atoms with Gasteiger partial charge in [-0.1, -0.05) is 6.07 Å². The Hall–Kier alpha value is -2.50. The Morgan fingerprint density at radius 2 is 2.24 bits per heavy atom. The van der Waals surface area contributed by atoms with Gasteiger partial charge in [-0.25, -0.2) is 0 Å². The second kappa shape index (κ2) is 4.80. The number of anilines is 1. The molecule has 0 bridgehead atoms. The molecule has 0 radical (unpaired) electrons. The van der Waals surface area contributed by atoms with Crippen molar-refractivity contribution in [2.45, 2.75) is 19.3 Å². The van der Waals surface area contributed by atoms with Crippen molar-refractivity contribution in [2.75, 3.05) is 12.4 Å². The average molecular weight is 287 g/mol. The Morgan fingerprint density at radius 3 is 2.95 bits per heavy atom. The SMILES string of the molecule is COc1cc(C2CC(=O)Nc3c2c(C)nn3C)ccc1O. The van der Waals surface area contributed by atoms with Gasteiger partial charge in [0.15, 0.2) is 11.5 Å². The first-order valence-electron chi connectivity index (χ1n) is 6.71. The maximum atomic E-state index is 12.0. The number of nitrogens with one attached hydrogen (secondary N) is 1. The van der Waals surface area contributed by atoms with Gasteiger partial charge in [0, 0.05) is 24.9 Å². The van der Waals surface area contributed by atoms with E-state index in [0.717, 1.165) is 22.6 Å². The van der Waals surface area contributed by atoms with Crippen LogP contribution in [0.15, 0.2) is 18.2 Å². The molecule has 0 fully saturated rings. The summed E-state index contributed by atoms with van der Waals surface area (Å²) in [4.78, 5) is 12.0. The molecule has 1 aliphatic heterocycles. The molecule has 6 heteroatoms. The first kappa shape index (κ1) is 13.5. The van der Waals surface area contributed by atoms with Crippen molar-refractivity contribution in [1.29, 1.82) is 0 Å². The Labute approximate surface area is 122 Å². The first-order chi connectivity index (χ1) is 10.0. The molecule has 2 aromatic rings. The minimum Gasteiger partial charge on any atom is -0.504 e. The number of aromatic nitrogens is 2. The maximum absolute atomic E-state index is 12.0. The number of ether oxygens (including phenoxy) is 1. The van der Waals surface area contributed by atoms with Crippen LogP contribution in [0.4, 0.5) is 5.82 Å². The van der Waals surface area contributed by atoms with Gasteiger partial charge in [-0.15, -0.1) is 0 Å². The van der Waals surface area contributed by atoms with Crippen LogP contribution in [0.25, 0.3) is 0 Å². The summed E-state index contributed by atoms with van der Waals surface area (Å²) in [6.45, 7) is 1.93. The molecule has 1 unspecified atom stereocenters. The standard InChI is InChI=1S/C15H17N3O3/c1-8-14-10(7-13(20)16-15(14)18(2)17-8)9-4-5-11(19)12(6-9)21-3/h4-6,10,19H,7H2,1-3H3,(H,16,20). The number of methoxy groups -OCH3 is 1. The van der Waals surface area contributed by atoms with E-state index in [2.05, 4.69) is 10.4 Å². The smallest absolute Gasteiger partial charge is 0.226 e. The Balaban J connectivity index is 2.13. The summed E-state index contributed by atoms with van der Waals surface area (Å²) >= 11 is 0. The molecular formula is C15H17N3O3. The minimum absolute atomic E-state index is 0.0393. The van der Waals surface area contributed by atoms with E-state index in [0.29, 0.717) is 12.2 Å². The fraction of sp³-hybridized carbons (Fsp3) is 0.333. The van der Waals surface area contributed by atoms with E-state index in [-0.39, 0.29) is 17.6 Å². The van der Waals surface area contributed by atoms with Gasteiger partial charge >= 0.3 is 0 Å². The molecular weight excluding hydrogens is 270 g/mol. The third-order valence-electron chi connectivity index (χ3n) is 3.87. The van der Waals surface area contributed by atoms with Crippen molar-refractivity contribution in [3.05, 3.63) is 35.0 Å². The molecule has 1 atom stereocenters. The van der Waals surface area contributed by atoms with Gasteiger partial charge in [-0.05, 0) is 24.6 Å². The fourth-order valence-electron chi connectivity index (χ4n) is 2.91. The highest BCUT2D eigenvalue weighted by Crippen LogP contribution is 2.41. The molecule has 0 aliphatic carbocycles. The summed E-state index contributed by atoms with van der Waals surface area (Å²) in [5, 5.41) is 17.0. The number of aryl methyl sites for hydroxylation is 2. The van der Waals surface area contributed by atoms with Crippen LogP contribution < -0.4 is 10.1 Å². The topological polar surface area (TPSA) is 76.4 Å². The second-order valence-electron chi connectivity index (χ2n) is 5.21. The number of phenols is 1. The summed E-state index contributed by atoms with van der Waals surface area (Å²) in [6, 6.07) is 5.18. The van der Waals surface area contributed by atoms with E-state index >= 15 is 0 Å². The molecule has 6 nitrogen and oxygen atoms in total. The molecule has 1 aromatic carbocycles. The zero-order valence-electron chi connectivity index (χ0n) is 12.2. The van der Waals surface area contributed by atoms with E-state index in [4.69, 9.17) is 4.74 Å². The third-order valence-corrected chi connectivity index (χ3v) is 3.87.